The summed E-state index contributed by atoms with van der Waals surface area (Å²) in [6, 6.07) is 7.73. The molecule has 0 saturated carbocycles. The van der Waals surface area contributed by atoms with E-state index in [0.717, 1.165) is 17.9 Å². The van der Waals surface area contributed by atoms with Crippen LogP contribution in [0.25, 0.3) is 0 Å². The molecule has 6 nitrogen and oxygen atoms in total. The summed E-state index contributed by atoms with van der Waals surface area (Å²) in [6.45, 7) is 2.29. The van der Waals surface area contributed by atoms with Gasteiger partial charge in [0.15, 0.2) is 0 Å². The summed E-state index contributed by atoms with van der Waals surface area (Å²) in [4.78, 5) is 13.9. The van der Waals surface area contributed by atoms with Crippen molar-refractivity contribution < 1.29 is 14.3 Å². The summed E-state index contributed by atoms with van der Waals surface area (Å²) in [5, 5.41) is 2.86. The van der Waals surface area contributed by atoms with E-state index in [1.807, 2.05) is 38.4 Å². The van der Waals surface area contributed by atoms with Gasteiger partial charge in [-0.15, -0.1) is 0 Å². The Kier molecular flexibility index (Phi) is 8.50. The number of benzene rings is 1. The maximum absolute atomic E-state index is 11.8. The molecule has 1 amide bonds. The number of nitrogens with zero attached hydrogens (tertiary/aromatic N) is 1. The summed E-state index contributed by atoms with van der Waals surface area (Å²) in [5.74, 6) is 0.738. The Morgan fingerprint density at radius 2 is 2.18 bits per heavy atom. The van der Waals surface area contributed by atoms with Crippen molar-refractivity contribution in [2.45, 2.75) is 19.1 Å². The van der Waals surface area contributed by atoms with Crippen LogP contribution in [0.5, 0.6) is 5.75 Å². The molecule has 0 fully saturated rings. The first-order valence-electron chi connectivity index (χ1n) is 7.41. The first-order valence-corrected chi connectivity index (χ1v) is 7.41. The number of likely N-dealkylation sites (N-methyl/N-ethyl adjacent to an activating group) is 1. The quantitative estimate of drug-likeness (QED) is 0.662. The highest BCUT2D eigenvalue weighted by atomic mass is 16.5. The maximum Gasteiger partial charge on any atom is 0.222 e. The van der Waals surface area contributed by atoms with Crippen LogP contribution in [0.15, 0.2) is 24.3 Å². The fraction of sp³-hybridized carbons (Fsp3) is 0.562. The average molecular weight is 309 g/mol. The van der Waals surface area contributed by atoms with Crippen molar-refractivity contribution in [3.05, 3.63) is 29.8 Å². The minimum Gasteiger partial charge on any atom is -0.492 e. The van der Waals surface area contributed by atoms with Crippen molar-refractivity contribution >= 4 is 5.91 Å². The molecule has 124 valence electrons. The van der Waals surface area contributed by atoms with Gasteiger partial charge in [-0.25, -0.2) is 0 Å². The summed E-state index contributed by atoms with van der Waals surface area (Å²) in [5.41, 5.74) is 6.50. The van der Waals surface area contributed by atoms with Crippen LogP contribution in [0.3, 0.4) is 0 Å². The molecule has 3 N–H and O–H groups in total. The predicted molar refractivity (Wildman–Crippen MR) is 86.8 cm³/mol. The topological polar surface area (TPSA) is 76.8 Å². The second-order valence-corrected chi connectivity index (χ2v) is 5.37. The lowest BCUT2D eigenvalue weighted by Gasteiger charge is -2.13. The van der Waals surface area contributed by atoms with Crippen LogP contribution in [-0.4, -0.2) is 57.8 Å². The van der Waals surface area contributed by atoms with Gasteiger partial charge >= 0.3 is 0 Å². The molecule has 0 aromatic heterocycles. The van der Waals surface area contributed by atoms with Crippen LogP contribution in [0.2, 0.25) is 0 Å². The molecule has 1 unspecified atom stereocenters. The SMILES string of the molecule is COC(CN)CC(=O)NCc1cccc(OCCN(C)C)c1. The van der Waals surface area contributed by atoms with Gasteiger partial charge in [0.2, 0.25) is 5.91 Å². The molecule has 22 heavy (non-hydrogen) atoms. The van der Waals surface area contributed by atoms with Crippen molar-refractivity contribution in [3.8, 4) is 5.75 Å². The number of carbonyl (C=O) groups is 1. The molecule has 1 rings (SSSR count). The third-order valence-corrected chi connectivity index (χ3v) is 3.20. The zero-order valence-corrected chi connectivity index (χ0v) is 13.7. The maximum atomic E-state index is 11.8. The number of hydrogen-bond acceptors (Lipinski definition) is 5. The van der Waals surface area contributed by atoms with Gasteiger partial charge in [0, 0.05) is 26.7 Å². The highest BCUT2D eigenvalue weighted by Crippen LogP contribution is 2.13. The number of amides is 1. The molecule has 1 aromatic carbocycles. The van der Waals surface area contributed by atoms with Gasteiger partial charge in [0.05, 0.1) is 12.5 Å². The summed E-state index contributed by atoms with van der Waals surface area (Å²) >= 11 is 0. The third kappa shape index (κ3) is 7.40. The Hall–Kier alpha value is -1.63. The minimum atomic E-state index is -0.235. The van der Waals surface area contributed by atoms with Crippen molar-refractivity contribution in [1.82, 2.24) is 10.2 Å². The van der Waals surface area contributed by atoms with Crippen LogP contribution in [0.1, 0.15) is 12.0 Å². The van der Waals surface area contributed by atoms with Crippen LogP contribution < -0.4 is 15.8 Å². The number of nitrogens with two attached hydrogens (primary N) is 1. The van der Waals surface area contributed by atoms with Gasteiger partial charge in [0.25, 0.3) is 0 Å². The summed E-state index contributed by atoms with van der Waals surface area (Å²) < 4.78 is 10.8. The molecule has 0 heterocycles. The Labute approximate surface area is 132 Å². The Bertz CT molecular complexity index is 448. The third-order valence-electron chi connectivity index (χ3n) is 3.20. The lowest BCUT2D eigenvalue weighted by atomic mass is 10.2. The predicted octanol–water partition coefficient (Wildman–Crippen LogP) is 0.607. The van der Waals surface area contributed by atoms with Crippen molar-refractivity contribution in [1.29, 1.82) is 0 Å². The van der Waals surface area contributed by atoms with E-state index in [-0.39, 0.29) is 18.4 Å². The van der Waals surface area contributed by atoms with Gasteiger partial charge < -0.3 is 25.4 Å². The van der Waals surface area contributed by atoms with E-state index in [1.165, 1.54) is 0 Å². The van der Waals surface area contributed by atoms with Crippen molar-refractivity contribution in [2.75, 3.05) is 40.9 Å². The first-order chi connectivity index (χ1) is 10.5. The van der Waals surface area contributed by atoms with E-state index in [0.29, 0.717) is 19.7 Å². The van der Waals surface area contributed by atoms with E-state index in [4.69, 9.17) is 15.2 Å². The second kappa shape index (κ2) is 10.2. The molecular formula is C16H27N3O3. The molecule has 0 radical (unpaired) electrons. The number of methoxy groups -OCH3 is 1. The molecule has 0 saturated heterocycles. The van der Waals surface area contributed by atoms with Crippen LogP contribution in [0.4, 0.5) is 0 Å². The lowest BCUT2D eigenvalue weighted by Crippen LogP contribution is -2.31. The number of hydrogen-bond donors (Lipinski definition) is 2. The molecule has 6 heteroatoms. The zero-order valence-electron chi connectivity index (χ0n) is 13.7. The van der Waals surface area contributed by atoms with Crippen LogP contribution in [-0.2, 0) is 16.1 Å². The van der Waals surface area contributed by atoms with Crippen molar-refractivity contribution in [2.24, 2.45) is 5.73 Å². The number of ether oxygens (including phenoxy) is 2. The van der Waals surface area contributed by atoms with E-state index in [1.54, 1.807) is 7.11 Å². The van der Waals surface area contributed by atoms with Crippen molar-refractivity contribution in [3.63, 3.8) is 0 Å². The van der Waals surface area contributed by atoms with E-state index < -0.39 is 0 Å². The first kappa shape index (κ1) is 18.4. The van der Waals surface area contributed by atoms with Crippen LogP contribution >= 0.6 is 0 Å². The highest BCUT2D eigenvalue weighted by Gasteiger charge is 2.11. The Morgan fingerprint density at radius 1 is 1.41 bits per heavy atom. The smallest absolute Gasteiger partial charge is 0.222 e. The number of nitrogens with one attached hydrogen (secondary N) is 1. The molecule has 0 bridgehead atoms. The fourth-order valence-corrected chi connectivity index (χ4v) is 1.83. The number of rotatable bonds is 10. The van der Waals surface area contributed by atoms with Gasteiger partial charge in [-0.2, -0.15) is 0 Å². The largest absolute Gasteiger partial charge is 0.492 e. The molecule has 1 atom stereocenters. The molecule has 0 spiro atoms. The Morgan fingerprint density at radius 3 is 2.82 bits per heavy atom. The van der Waals surface area contributed by atoms with E-state index in [9.17, 15) is 4.79 Å². The van der Waals surface area contributed by atoms with Gasteiger partial charge in [0.1, 0.15) is 12.4 Å². The molecule has 0 aliphatic rings. The normalized spacial score (nSPS) is 12.2. The zero-order chi connectivity index (χ0) is 16.4. The van der Waals surface area contributed by atoms with E-state index >= 15 is 0 Å². The van der Waals surface area contributed by atoms with Gasteiger partial charge in [-0.05, 0) is 31.8 Å². The molecular weight excluding hydrogens is 282 g/mol. The highest BCUT2D eigenvalue weighted by molar-refractivity contribution is 5.76. The second-order valence-electron chi connectivity index (χ2n) is 5.37. The van der Waals surface area contributed by atoms with Crippen LogP contribution in [0, 0.1) is 0 Å². The lowest BCUT2D eigenvalue weighted by molar-refractivity contribution is -0.123. The number of carbonyl (C=O) groups excluding carboxylic acids is 1. The standard InChI is InChI=1S/C16H27N3O3/c1-19(2)7-8-22-14-6-4-5-13(9-14)12-18-16(20)10-15(11-17)21-3/h4-6,9,15H,7-8,10-12,17H2,1-3H3,(H,18,20). The summed E-state index contributed by atoms with van der Waals surface area (Å²) in [7, 11) is 5.56. The molecule has 1 aromatic rings. The summed E-state index contributed by atoms with van der Waals surface area (Å²) in [6.07, 6.45) is 0.0344. The molecule has 0 aliphatic carbocycles. The minimum absolute atomic E-state index is 0.0729. The van der Waals surface area contributed by atoms with Gasteiger partial charge in [-0.3, -0.25) is 4.79 Å². The fourth-order valence-electron chi connectivity index (χ4n) is 1.83. The Balaban J connectivity index is 2.41. The van der Waals surface area contributed by atoms with Gasteiger partial charge in [-0.1, -0.05) is 12.1 Å². The monoisotopic (exact) mass is 309 g/mol. The van der Waals surface area contributed by atoms with E-state index in [2.05, 4.69) is 10.2 Å². The molecule has 0 aliphatic heterocycles. The average Bonchev–Trinajstić information content (AvgIpc) is 2.50.